The number of aliphatic hydroxyl groups is 2. The van der Waals surface area contributed by atoms with Crippen molar-refractivity contribution in [1.82, 2.24) is 5.32 Å². The van der Waals surface area contributed by atoms with Crippen molar-refractivity contribution in [3.05, 3.63) is 95.3 Å². The molecule has 2 unspecified atom stereocenters. The van der Waals surface area contributed by atoms with Gasteiger partial charge in [-0.25, -0.2) is 14.0 Å². The second-order valence-electron chi connectivity index (χ2n) is 7.26. The molecule has 0 aliphatic rings. The van der Waals surface area contributed by atoms with Crippen LogP contribution in [0.25, 0.3) is 0 Å². The van der Waals surface area contributed by atoms with Crippen molar-refractivity contribution in [3.63, 3.8) is 0 Å². The summed E-state index contributed by atoms with van der Waals surface area (Å²) in [6.07, 6.45) is -3.46. The molecule has 3 N–H and O–H groups in total. The van der Waals surface area contributed by atoms with Crippen LogP contribution >= 0.6 is 0 Å². The van der Waals surface area contributed by atoms with Gasteiger partial charge in [0.2, 0.25) is 0 Å². The molecule has 9 heteroatoms. The van der Waals surface area contributed by atoms with Gasteiger partial charge in [0, 0.05) is 6.54 Å². The number of hydrogen-bond acceptors (Lipinski definition) is 7. The predicted molar refractivity (Wildman–Crippen MR) is 120 cm³/mol. The minimum atomic E-state index is -1.37. The highest BCUT2D eigenvalue weighted by Crippen LogP contribution is 2.32. The van der Waals surface area contributed by atoms with Crippen LogP contribution < -0.4 is 14.8 Å². The number of rotatable bonds is 9. The lowest BCUT2D eigenvalue weighted by atomic mass is 10.0. The van der Waals surface area contributed by atoms with Crippen LogP contribution in [0, 0.1) is 5.82 Å². The zero-order valence-corrected chi connectivity index (χ0v) is 18.3. The normalized spacial score (nSPS) is 12.4. The van der Waals surface area contributed by atoms with E-state index in [4.69, 9.17) is 14.2 Å². The van der Waals surface area contributed by atoms with E-state index in [1.807, 2.05) is 18.2 Å². The van der Waals surface area contributed by atoms with Gasteiger partial charge in [-0.3, -0.25) is 0 Å². The van der Waals surface area contributed by atoms with E-state index < -0.39 is 30.1 Å². The molecule has 34 heavy (non-hydrogen) atoms. The summed E-state index contributed by atoms with van der Waals surface area (Å²) in [6, 6.07) is 18.2. The molecule has 0 aliphatic heterocycles. The largest absolute Gasteiger partial charge is 0.493 e. The van der Waals surface area contributed by atoms with Gasteiger partial charge in [0.1, 0.15) is 24.6 Å². The number of halogens is 1. The first-order chi connectivity index (χ1) is 16.4. The van der Waals surface area contributed by atoms with Crippen LogP contribution in [0.4, 0.5) is 9.18 Å². The third kappa shape index (κ3) is 6.77. The molecule has 3 aromatic rings. The minimum absolute atomic E-state index is 0.0701. The van der Waals surface area contributed by atoms with Crippen LogP contribution in [0.1, 0.15) is 27.6 Å². The van der Waals surface area contributed by atoms with E-state index in [1.165, 1.54) is 37.4 Å². The zero-order valence-electron chi connectivity index (χ0n) is 18.3. The molecule has 3 rings (SSSR count). The molecule has 1 amide bonds. The Labute approximate surface area is 195 Å². The fourth-order valence-corrected chi connectivity index (χ4v) is 2.99. The van der Waals surface area contributed by atoms with Crippen molar-refractivity contribution in [3.8, 4) is 11.5 Å². The van der Waals surface area contributed by atoms with E-state index in [9.17, 15) is 24.2 Å². The van der Waals surface area contributed by atoms with Crippen LogP contribution in [-0.4, -0.2) is 42.0 Å². The van der Waals surface area contributed by atoms with Crippen molar-refractivity contribution in [2.24, 2.45) is 0 Å². The van der Waals surface area contributed by atoms with Crippen LogP contribution in [-0.2, 0) is 11.3 Å². The van der Waals surface area contributed by atoms with E-state index in [0.717, 1.165) is 17.7 Å². The molecule has 8 nitrogen and oxygen atoms in total. The Balaban J connectivity index is 1.56. The summed E-state index contributed by atoms with van der Waals surface area (Å²) < 4.78 is 28.6. The Hall–Kier alpha value is -3.95. The highest BCUT2D eigenvalue weighted by atomic mass is 19.1. The van der Waals surface area contributed by atoms with E-state index in [-0.39, 0.29) is 35.8 Å². The second kappa shape index (κ2) is 11.8. The van der Waals surface area contributed by atoms with Crippen LogP contribution in [0.3, 0.4) is 0 Å². The Bertz CT molecular complexity index is 1110. The monoisotopic (exact) mass is 469 g/mol. The predicted octanol–water partition coefficient (Wildman–Crippen LogP) is 3.37. The van der Waals surface area contributed by atoms with Crippen molar-refractivity contribution >= 4 is 12.1 Å². The summed E-state index contributed by atoms with van der Waals surface area (Å²) in [5, 5.41) is 23.1. The number of carbonyl (C=O) groups excluding carboxylic acids is 2. The highest BCUT2D eigenvalue weighted by Gasteiger charge is 2.22. The lowest BCUT2D eigenvalue weighted by molar-refractivity contribution is 0.0182. The summed E-state index contributed by atoms with van der Waals surface area (Å²) >= 11 is 0. The maximum Gasteiger partial charge on any atom is 0.407 e. The quantitative estimate of drug-likeness (QED) is 0.325. The fourth-order valence-electron chi connectivity index (χ4n) is 2.99. The molecule has 178 valence electrons. The summed E-state index contributed by atoms with van der Waals surface area (Å²) in [4.78, 5) is 24.1. The molecule has 0 saturated heterocycles. The van der Waals surface area contributed by atoms with E-state index >= 15 is 0 Å². The molecule has 0 saturated carbocycles. The molecule has 0 aromatic heterocycles. The molecule has 0 fully saturated rings. The smallest absolute Gasteiger partial charge is 0.407 e. The second-order valence-corrected chi connectivity index (χ2v) is 7.26. The number of esters is 1. The number of aliphatic hydroxyl groups excluding tert-OH is 2. The first-order valence-electron chi connectivity index (χ1n) is 10.3. The summed E-state index contributed by atoms with van der Waals surface area (Å²) in [6.45, 7) is -0.195. The van der Waals surface area contributed by atoms with Crippen molar-refractivity contribution in [2.45, 2.75) is 18.8 Å². The Morgan fingerprint density at radius 3 is 2.35 bits per heavy atom. The molecule has 3 aromatic carbocycles. The molecule has 0 radical (unpaired) electrons. The number of nitrogens with one attached hydrogen (secondary N) is 1. The summed E-state index contributed by atoms with van der Waals surface area (Å²) in [5.74, 6) is -0.992. The van der Waals surface area contributed by atoms with Gasteiger partial charge in [0.25, 0.3) is 0 Å². The summed E-state index contributed by atoms with van der Waals surface area (Å²) in [7, 11) is 1.35. The lowest BCUT2D eigenvalue weighted by Crippen LogP contribution is -2.35. The maximum atomic E-state index is 13.0. The van der Waals surface area contributed by atoms with Crippen LogP contribution in [0.5, 0.6) is 11.5 Å². The topological polar surface area (TPSA) is 114 Å². The van der Waals surface area contributed by atoms with E-state index in [0.29, 0.717) is 0 Å². The van der Waals surface area contributed by atoms with Gasteiger partial charge in [-0.2, -0.15) is 0 Å². The molecule has 0 heterocycles. The van der Waals surface area contributed by atoms with Gasteiger partial charge in [0.15, 0.2) is 11.5 Å². The Morgan fingerprint density at radius 2 is 1.68 bits per heavy atom. The van der Waals surface area contributed by atoms with Gasteiger partial charge in [0.05, 0.1) is 12.7 Å². The van der Waals surface area contributed by atoms with Crippen molar-refractivity contribution in [2.75, 3.05) is 13.7 Å². The average molecular weight is 469 g/mol. The SMILES string of the molecule is COc1cc(C(O)C(O)CNC(=O)OCc2ccccc2)ccc1OC(=O)c1ccc(F)cc1. The molecule has 0 aliphatic carbocycles. The zero-order chi connectivity index (χ0) is 24.5. The molecule has 0 spiro atoms. The van der Waals surface area contributed by atoms with Crippen LogP contribution in [0.15, 0.2) is 72.8 Å². The first kappa shape index (κ1) is 24.7. The lowest BCUT2D eigenvalue weighted by Gasteiger charge is -2.20. The van der Waals surface area contributed by atoms with Crippen molar-refractivity contribution < 1.29 is 38.4 Å². The first-order valence-corrected chi connectivity index (χ1v) is 10.3. The Morgan fingerprint density at radius 1 is 0.971 bits per heavy atom. The number of ether oxygens (including phenoxy) is 3. The van der Waals surface area contributed by atoms with Gasteiger partial charge in [-0.1, -0.05) is 36.4 Å². The number of carbonyl (C=O) groups is 2. The molecular weight excluding hydrogens is 445 g/mol. The molecule has 2 atom stereocenters. The Kier molecular flexibility index (Phi) is 8.55. The third-order valence-electron chi connectivity index (χ3n) is 4.84. The molecule has 0 bridgehead atoms. The number of alkyl carbamates (subject to hydrolysis) is 1. The minimum Gasteiger partial charge on any atom is -0.493 e. The van der Waals surface area contributed by atoms with Crippen LogP contribution in [0.2, 0.25) is 0 Å². The number of amides is 1. The third-order valence-corrected chi connectivity index (χ3v) is 4.84. The summed E-state index contributed by atoms with van der Waals surface area (Å²) in [5.41, 5.74) is 1.23. The molecular formula is C25H24FNO7. The standard InChI is InChI=1S/C25H24FNO7/c1-32-22-13-18(9-12-21(22)34-24(30)17-7-10-19(26)11-8-17)23(29)20(28)14-27-25(31)33-15-16-5-3-2-4-6-16/h2-13,20,23,28-29H,14-15H2,1H3,(H,27,31). The van der Waals surface area contributed by atoms with E-state index in [2.05, 4.69) is 5.32 Å². The number of methoxy groups -OCH3 is 1. The average Bonchev–Trinajstić information content (AvgIpc) is 2.86. The van der Waals surface area contributed by atoms with Gasteiger partial charge in [-0.05, 0) is 47.5 Å². The number of benzene rings is 3. The maximum absolute atomic E-state index is 13.0. The van der Waals surface area contributed by atoms with Gasteiger partial charge < -0.3 is 29.7 Å². The highest BCUT2D eigenvalue weighted by molar-refractivity contribution is 5.91. The van der Waals surface area contributed by atoms with Gasteiger partial charge >= 0.3 is 12.1 Å². The van der Waals surface area contributed by atoms with Crippen molar-refractivity contribution in [1.29, 1.82) is 0 Å². The van der Waals surface area contributed by atoms with E-state index in [1.54, 1.807) is 12.1 Å². The van der Waals surface area contributed by atoms with Gasteiger partial charge in [-0.15, -0.1) is 0 Å². The number of hydrogen-bond donors (Lipinski definition) is 3. The fraction of sp³-hybridized carbons (Fsp3) is 0.200.